The van der Waals surface area contributed by atoms with Gasteiger partial charge in [-0.15, -0.1) is 22.9 Å². The average Bonchev–Trinajstić information content (AvgIpc) is 2.68. The molecule has 0 saturated carbocycles. The lowest BCUT2D eigenvalue weighted by molar-refractivity contribution is 0.412. The molecule has 1 aromatic carbocycles. The van der Waals surface area contributed by atoms with E-state index in [4.69, 9.17) is 16.3 Å². The maximum Gasteiger partial charge on any atom is 0.133 e. The second kappa shape index (κ2) is 5.95. The molecule has 0 saturated heterocycles. The van der Waals surface area contributed by atoms with Gasteiger partial charge in [0.1, 0.15) is 5.75 Å². The number of hydrogen-bond acceptors (Lipinski definition) is 2. The van der Waals surface area contributed by atoms with Gasteiger partial charge in [-0.1, -0.05) is 6.07 Å². The molecule has 2 rings (SSSR count). The maximum absolute atomic E-state index is 6.51. The highest BCUT2D eigenvalue weighted by Gasteiger charge is 2.16. The summed E-state index contributed by atoms with van der Waals surface area (Å²) in [5.74, 6) is 0.811. The molecule has 0 aliphatic heterocycles. The number of hydrogen-bond donors (Lipinski definition) is 0. The van der Waals surface area contributed by atoms with Crippen LogP contribution in [0.1, 0.15) is 21.4 Å². The molecular formula is C13H11Br2ClOS. The first-order valence-electron chi connectivity index (χ1n) is 5.26. The van der Waals surface area contributed by atoms with Crippen LogP contribution in [0.2, 0.25) is 0 Å². The van der Waals surface area contributed by atoms with Crippen molar-refractivity contribution >= 4 is 54.8 Å². The van der Waals surface area contributed by atoms with Crippen molar-refractivity contribution in [1.82, 2.24) is 0 Å². The molecule has 0 amide bonds. The molecule has 5 heteroatoms. The Morgan fingerprint density at radius 1 is 1.28 bits per heavy atom. The van der Waals surface area contributed by atoms with Gasteiger partial charge in [-0.3, -0.25) is 0 Å². The number of benzene rings is 1. The van der Waals surface area contributed by atoms with Crippen molar-refractivity contribution in [3.05, 3.63) is 48.5 Å². The first kappa shape index (κ1) is 14.4. The molecule has 0 N–H and O–H groups in total. The monoisotopic (exact) mass is 408 g/mol. The number of rotatable bonds is 3. The Kier molecular flexibility index (Phi) is 4.75. The highest BCUT2D eigenvalue weighted by atomic mass is 79.9. The van der Waals surface area contributed by atoms with E-state index in [1.165, 1.54) is 5.56 Å². The lowest BCUT2D eigenvalue weighted by atomic mass is 10.1. The summed E-state index contributed by atoms with van der Waals surface area (Å²) in [6.07, 6.45) is 0. The van der Waals surface area contributed by atoms with Crippen LogP contribution >= 0.6 is 54.8 Å². The second-order valence-electron chi connectivity index (χ2n) is 3.86. The zero-order valence-corrected chi connectivity index (χ0v) is 14.6. The van der Waals surface area contributed by atoms with Gasteiger partial charge in [-0.05, 0) is 68.1 Å². The zero-order valence-electron chi connectivity index (χ0n) is 9.84. The molecule has 0 bridgehead atoms. The lowest BCUT2D eigenvalue weighted by Gasteiger charge is -2.10. The standard InChI is InChI=1S/C13H11Br2ClOS/c1-7-5-11(18-13(7)15)12(16)8-3-4-10(17-2)9(14)6-8/h3-6,12H,1-2H3. The molecule has 1 atom stereocenters. The van der Waals surface area contributed by atoms with Crippen molar-refractivity contribution < 1.29 is 4.74 Å². The molecule has 1 heterocycles. The van der Waals surface area contributed by atoms with Gasteiger partial charge in [0.25, 0.3) is 0 Å². The van der Waals surface area contributed by atoms with Crippen LogP contribution in [0.3, 0.4) is 0 Å². The highest BCUT2D eigenvalue weighted by molar-refractivity contribution is 9.11. The van der Waals surface area contributed by atoms with Crippen LogP contribution in [0.4, 0.5) is 0 Å². The van der Waals surface area contributed by atoms with Crippen LogP contribution in [-0.2, 0) is 0 Å². The molecule has 18 heavy (non-hydrogen) atoms. The third-order valence-electron chi connectivity index (χ3n) is 2.59. The van der Waals surface area contributed by atoms with Crippen LogP contribution in [0.5, 0.6) is 5.75 Å². The number of methoxy groups -OCH3 is 1. The van der Waals surface area contributed by atoms with Crippen LogP contribution in [0.15, 0.2) is 32.5 Å². The topological polar surface area (TPSA) is 9.23 Å². The molecular weight excluding hydrogens is 399 g/mol. The van der Waals surface area contributed by atoms with Crippen molar-refractivity contribution in [1.29, 1.82) is 0 Å². The van der Waals surface area contributed by atoms with Gasteiger partial charge in [0.2, 0.25) is 0 Å². The fourth-order valence-corrected chi connectivity index (χ4v) is 4.08. The predicted molar refractivity (Wildman–Crippen MR) is 85.1 cm³/mol. The number of alkyl halides is 1. The first-order chi connectivity index (χ1) is 8.52. The van der Waals surface area contributed by atoms with Crippen molar-refractivity contribution in [2.75, 3.05) is 7.11 Å². The van der Waals surface area contributed by atoms with Crippen molar-refractivity contribution in [2.24, 2.45) is 0 Å². The van der Waals surface area contributed by atoms with Crippen LogP contribution in [0.25, 0.3) is 0 Å². The Morgan fingerprint density at radius 3 is 2.50 bits per heavy atom. The Labute approximate surface area is 132 Å². The fraction of sp³-hybridized carbons (Fsp3) is 0.231. The summed E-state index contributed by atoms with van der Waals surface area (Å²) in [4.78, 5) is 1.14. The van der Waals surface area contributed by atoms with Crippen LogP contribution < -0.4 is 4.74 Å². The molecule has 0 fully saturated rings. The molecule has 2 aromatic rings. The van der Waals surface area contributed by atoms with Gasteiger partial charge in [-0.2, -0.15) is 0 Å². The number of thiophene rings is 1. The normalized spacial score (nSPS) is 12.5. The van der Waals surface area contributed by atoms with E-state index in [-0.39, 0.29) is 5.38 Å². The Bertz CT molecular complexity index is 549. The molecule has 0 spiro atoms. The SMILES string of the molecule is COc1ccc(C(Cl)c2cc(C)c(Br)s2)cc1Br. The summed E-state index contributed by atoms with van der Waals surface area (Å²) < 4.78 is 7.27. The predicted octanol–water partition coefficient (Wildman–Crippen LogP) is 5.92. The van der Waals surface area contributed by atoms with Crippen molar-refractivity contribution in [3.8, 4) is 5.75 Å². The van der Waals surface area contributed by atoms with Gasteiger partial charge in [0, 0.05) is 4.88 Å². The molecule has 1 nitrogen and oxygen atoms in total. The van der Waals surface area contributed by atoms with E-state index < -0.39 is 0 Å². The summed E-state index contributed by atoms with van der Waals surface area (Å²) in [6, 6.07) is 8.03. The summed E-state index contributed by atoms with van der Waals surface area (Å²) in [5.41, 5.74) is 2.27. The van der Waals surface area contributed by atoms with Gasteiger partial charge in [-0.25, -0.2) is 0 Å². The number of ether oxygens (including phenoxy) is 1. The Morgan fingerprint density at radius 2 is 2.00 bits per heavy atom. The highest BCUT2D eigenvalue weighted by Crippen LogP contribution is 2.39. The third kappa shape index (κ3) is 2.93. The lowest BCUT2D eigenvalue weighted by Crippen LogP contribution is -1.92. The maximum atomic E-state index is 6.51. The van der Waals surface area contributed by atoms with Crippen LogP contribution in [-0.4, -0.2) is 7.11 Å². The van der Waals surface area contributed by atoms with E-state index in [9.17, 15) is 0 Å². The van der Waals surface area contributed by atoms with Gasteiger partial charge in [0.05, 0.1) is 20.7 Å². The number of aryl methyl sites for hydroxylation is 1. The molecule has 0 radical (unpaired) electrons. The molecule has 0 aliphatic rings. The molecule has 1 aromatic heterocycles. The van der Waals surface area contributed by atoms with E-state index in [2.05, 4.69) is 44.8 Å². The van der Waals surface area contributed by atoms with E-state index in [1.807, 2.05) is 18.2 Å². The Hall–Kier alpha value is -0.0300. The molecule has 1 unspecified atom stereocenters. The fourth-order valence-electron chi connectivity index (χ4n) is 1.61. The zero-order chi connectivity index (χ0) is 13.3. The second-order valence-corrected chi connectivity index (χ2v) is 7.55. The van der Waals surface area contributed by atoms with Crippen LogP contribution in [0, 0.1) is 6.92 Å². The van der Waals surface area contributed by atoms with Crippen molar-refractivity contribution in [2.45, 2.75) is 12.3 Å². The first-order valence-corrected chi connectivity index (χ1v) is 8.10. The van der Waals surface area contributed by atoms with Crippen molar-refractivity contribution in [3.63, 3.8) is 0 Å². The summed E-state index contributed by atoms with van der Waals surface area (Å²) in [5, 5.41) is -0.137. The molecule has 0 aliphatic carbocycles. The molecule has 96 valence electrons. The van der Waals surface area contributed by atoms with E-state index in [0.29, 0.717) is 0 Å². The summed E-state index contributed by atoms with van der Waals surface area (Å²) in [6.45, 7) is 2.07. The average molecular weight is 411 g/mol. The smallest absolute Gasteiger partial charge is 0.133 e. The van der Waals surface area contributed by atoms with E-state index in [0.717, 1.165) is 24.4 Å². The number of halogens is 3. The minimum atomic E-state index is -0.137. The van der Waals surface area contributed by atoms with E-state index in [1.54, 1.807) is 18.4 Å². The van der Waals surface area contributed by atoms with Gasteiger partial charge in [0.15, 0.2) is 0 Å². The Balaban J connectivity index is 2.33. The largest absolute Gasteiger partial charge is 0.496 e. The van der Waals surface area contributed by atoms with Gasteiger partial charge >= 0.3 is 0 Å². The third-order valence-corrected chi connectivity index (χ3v) is 6.03. The summed E-state index contributed by atoms with van der Waals surface area (Å²) >= 11 is 15.2. The van der Waals surface area contributed by atoms with Gasteiger partial charge < -0.3 is 4.74 Å². The quantitative estimate of drug-likeness (QED) is 0.571. The van der Waals surface area contributed by atoms with E-state index >= 15 is 0 Å². The minimum absolute atomic E-state index is 0.137. The minimum Gasteiger partial charge on any atom is -0.496 e. The summed E-state index contributed by atoms with van der Waals surface area (Å²) in [7, 11) is 1.65.